The topological polar surface area (TPSA) is 128 Å². The van der Waals surface area contributed by atoms with Crippen molar-refractivity contribution in [2.24, 2.45) is 5.11 Å². The predicted octanol–water partition coefficient (Wildman–Crippen LogP) is 3.17. The molecule has 0 aromatic heterocycles. The van der Waals surface area contributed by atoms with E-state index in [1.54, 1.807) is 55.5 Å². The first-order chi connectivity index (χ1) is 16.5. The molecule has 11 nitrogen and oxygen atoms in total. The predicted molar refractivity (Wildman–Crippen MR) is 117 cm³/mol. The maximum absolute atomic E-state index is 13.3. The van der Waals surface area contributed by atoms with Gasteiger partial charge in [0.1, 0.15) is 24.8 Å². The Labute approximate surface area is 194 Å². The van der Waals surface area contributed by atoms with Crippen LogP contribution < -0.4 is 0 Å². The van der Waals surface area contributed by atoms with Crippen LogP contribution in [0.5, 0.6) is 0 Å². The van der Waals surface area contributed by atoms with Gasteiger partial charge >= 0.3 is 6.09 Å². The first-order valence-corrected chi connectivity index (χ1v) is 10.6. The van der Waals surface area contributed by atoms with Crippen LogP contribution in [0.25, 0.3) is 10.4 Å². The van der Waals surface area contributed by atoms with Gasteiger partial charge in [-0.2, -0.15) is 10.1 Å². The van der Waals surface area contributed by atoms with Gasteiger partial charge in [0, 0.05) is 10.5 Å². The zero-order valence-electron chi connectivity index (χ0n) is 18.1. The molecule has 6 rings (SSSR count). The summed E-state index contributed by atoms with van der Waals surface area (Å²) in [5, 5.41) is 6.91. The molecule has 0 unspecified atom stereocenters. The Balaban J connectivity index is 1.52. The molecule has 172 valence electrons. The van der Waals surface area contributed by atoms with Gasteiger partial charge in [-0.05, 0) is 41.8 Å². The number of carbonyl (C=O) groups is 3. The van der Waals surface area contributed by atoms with Gasteiger partial charge in [0.05, 0.1) is 0 Å². The lowest BCUT2D eigenvalue weighted by molar-refractivity contribution is -0.185. The summed E-state index contributed by atoms with van der Waals surface area (Å²) >= 11 is 0. The number of hydroxylamine groups is 2. The summed E-state index contributed by atoms with van der Waals surface area (Å²) in [5.74, 6) is -1.06. The number of azide groups is 1. The Kier molecular flexibility index (Phi) is 5.40. The third-order valence-electron chi connectivity index (χ3n) is 5.99. The molecule has 2 saturated heterocycles. The van der Waals surface area contributed by atoms with Crippen LogP contribution in [-0.2, 0) is 21.0 Å². The number of rotatable bonds is 4. The lowest BCUT2D eigenvalue weighted by Crippen LogP contribution is -2.73. The van der Waals surface area contributed by atoms with Crippen LogP contribution >= 0.6 is 0 Å². The largest absolute Gasteiger partial charge is 0.443 e. The third kappa shape index (κ3) is 3.43. The average molecular weight is 460 g/mol. The average Bonchev–Trinajstić information content (AvgIpc) is 3.06. The molecule has 0 N–H and O–H groups in total. The maximum atomic E-state index is 13.3. The number of hydrogen-bond acceptors (Lipinski definition) is 6. The van der Waals surface area contributed by atoms with Crippen LogP contribution in [0.4, 0.5) is 4.79 Å². The van der Waals surface area contributed by atoms with Crippen LogP contribution in [0.2, 0.25) is 0 Å². The highest BCUT2D eigenvalue weighted by atomic mass is 16.7. The molecule has 2 aromatic carbocycles. The van der Waals surface area contributed by atoms with Crippen molar-refractivity contribution in [1.82, 2.24) is 15.1 Å². The molecule has 4 aliphatic heterocycles. The monoisotopic (exact) mass is 460 g/mol. The molecule has 3 amide bonds. The highest BCUT2D eigenvalue weighted by Crippen LogP contribution is 2.41. The Morgan fingerprint density at radius 2 is 1.79 bits per heavy atom. The van der Waals surface area contributed by atoms with E-state index in [2.05, 4.69) is 10.0 Å². The number of ether oxygens (including phenoxy) is 1. The zero-order valence-corrected chi connectivity index (χ0v) is 18.1. The number of carbonyl (C=O) groups excluding carboxylic acids is 3. The van der Waals surface area contributed by atoms with E-state index >= 15 is 0 Å². The van der Waals surface area contributed by atoms with E-state index in [9.17, 15) is 14.4 Å². The number of fused-ring (bicyclic) bond motifs is 1. The number of β-lactam (4-membered cyclic amide) rings is 1. The summed E-state index contributed by atoms with van der Waals surface area (Å²) in [5.41, 5.74) is 10.8. The number of hydrazine groups is 1. The van der Waals surface area contributed by atoms with Crippen LogP contribution in [0, 0.1) is 0 Å². The van der Waals surface area contributed by atoms with Crippen molar-refractivity contribution in [2.45, 2.75) is 37.9 Å². The standard InChI is InChI=1S/C23H20N6O5/c1-14-12-17-27(23(32)33-13-15-8-4-2-5-9-15)28-19(18(22(28)31)25-26-24)20(14)34-29(17)21(30)16-10-6-3-7-11-16/h2-12,17-20H,13H2,1H3/t17-,18-,19-,20-/m1/s1. The van der Waals surface area contributed by atoms with Crippen molar-refractivity contribution in [3.8, 4) is 0 Å². The van der Waals surface area contributed by atoms with Crippen molar-refractivity contribution in [1.29, 1.82) is 0 Å². The zero-order chi connectivity index (χ0) is 23.8. The van der Waals surface area contributed by atoms with E-state index in [0.717, 1.165) is 15.6 Å². The van der Waals surface area contributed by atoms with E-state index in [1.165, 1.54) is 5.01 Å². The first-order valence-electron chi connectivity index (χ1n) is 10.6. The van der Waals surface area contributed by atoms with Gasteiger partial charge in [0.25, 0.3) is 11.8 Å². The molecule has 0 saturated carbocycles. The van der Waals surface area contributed by atoms with E-state index < -0.39 is 42.3 Å². The van der Waals surface area contributed by atoms with Gasteiger partial charge in [-0.25, -0.2) is 9.80 Å². The second-order valence-electron chi connectivity index (χ2n) is 8.06. The lowest BCUT2D eigenvalue weighted by atomic mass is 9.89. The van der Waals surface area contributed by atoms with Gasteiger partial charge in [-0.15, -0.1) is 0 Å². The second kappa shape index (κ2) is 8.54. The number of benzene rings is 2. The highest BCUT2D eigenvalue weighted by molar-refractivity contribution is 5.95. The fraction of sp³-hybridized carbons (Fsp3) is 0.261. The summed E-state index contributed by atoms with van der Waals surface area (Å²) in [6.45, 7) is 1.74. The molecule has 0 spiro atoms. The Hall–Kier alpha value is -4.34. The number of nitrogens with zero attached hydrogens (tertiary/aromatic N) is 6. The molecule has 11 heteroatoms. The van der Waals surface area contributed by atoms with Crippen molar-refractivity contribution in [3.63, 3.8) is 0 Å². The number of hydrogen-bond donors (Lipinski definition) is 0. The van der Waals surface area contributed by atoms with E-state index in [4.69, 9.17) is 15.1 Å². The minimum atomic E-state index is -1.08. The quantitative estimate of drug-likeness (QED) is 0.228. The number of amides is 3. The van der Waals surface area contributed by atoms with Crippen LogP contribution in [-0.4, -0.2) is 57.3 Å². The fourth-order valence-electron chi connectivity index (χ4n) is 4.35. The molecular formula is C23H20N6O5. The fourth-order valence-corrected chi connectivity index (χ4v) is 4.35. The van der Waals surface area contributed by atoms with Crippen molar-refractivity contribution >= 4 is 17.9 Å². The molecule has 2 bridgehead atoms. The third-order valence-corrected chi connectivity index (χ3v) is 5.99. The molecule has 0 radical (unpaired) electrons. The molecule has 0 aliphatic carbocycles. The van der Waals surface area contributed by atoms with Gasteiger partial charge in [0.15, 0.2) is 6.17 Å². The second-order valence-corrected chi connectivity index (χ2v) is 8.06. The highest BCUT2D eigenvalue weighted by Gasteiger charge is 2.62. The van der Waals surface area contributed by atoms with E-state index in [-0.39, 0.29) is 6.61 Å². The summed E-state index contributed by atoms with van der Waals surface area (Å²) < 4.78 is 5.51. The van der Waals surface area contributed by atoms with Crippen molar-refractivity contribution in [2.75, 3.05) is 0 Å². The minimum Gasteiger partial charge on any atom is -0.443 e. The molecular weight excluding hydrogens is 440 g/mol. The molecule has 2 fully saturated rings. The molecule has 4 atom stereocenters. The van der Waals surface area contributed by atoms with E-state index in [0.29, 0.717) is 11.1 Å². The minimum absolute atomic E-state index is 0.0328. The van der Waals surface area contributed by atoms with Crippen molar-refractivity contribution < 1.29 is 24.0 Å². The van der Waals surface area contributed by atoms with Crippen LogP contribution in [0.1, 0.15) is 22.8 Å². The van der Waals surface area contributed by atoms with Crippen LogP contribution in [0.15, 0.2) is 77.4 Å². The lowest BCUT2D eigenvalue weighted by Gasteiger charge is -2.48. The summed E-state index contributed by atoms with van der Waals surface area (Å²) in [6, 6.07) is 15.7. The van der Waals surface area contributed by atoms with Gasteiger partial charge in [-0.1, -0.05) is 53.6 Å². The Bertz CT molecular complexity index is 1210. The van der Waals surface area contributed by atoms with Crippen LogP contribution in [0.3, 0.4) is 0 Å². The molecule has 4 heterocycles. The Morgan fingerprint density at radius 3 is 2.47 bits per heavy atom. The SMILES string of the molecule is CC1=C[C@H]2N(C(=O)c3ccccc3)O[C@H]1[C@H]1[C@@H](N=[N+]=[N-])C(=O)N1N2C(=O)OCc1ccccc1. The van der Waals surface area contributed by atoms with Gasteiger partial charge in [0.2, 0.25) is 0 Å². The maximum Gasteiger partial charge on any atom is 0.431 e. The van der Waals surface area contributed by atoms with E-state index in [1.807, 2.05) is 18.2 Å². The smallest absolute Gasteiger partial charge is 0.431 e. The molecule has 2 aromatic rings. The van der Waals surface area contributed by atoms with Crippen molar-refractivity contribution in [3.05, 3.63) is 93.9 Å². The molecule has 34 heavy (non-hydrogen) atoms. The molecule has 4 aliphatic rings. The summed E-state index contributed by atoms with van der Waals surface area (Å²) in [6.07, 6.45) is -1.03. The van der Waals surface area contributed by atoms with Gasteiger partial charge in [-0.3, -0.25) is 14.4 Å². The summed E-state index contributed by atoms with van der Waals surface area (Å²) in [7, 11) is 0. The Morgan fingerprint density at radius 1 is 1.12 bits per heavy atom. The summed E-state index contributed by atoms with van der Waals surface area (Å²) in [4.78, 5) is 48.4. The van der Waals surface area contributed by atoms with Gasteiger partial charge < -0.3 is 4.74 Å². The first kappa shape index (κ1) is 21.5. The normalized spacial score (nSPS) is 24.9.